The van der Waals surface area contributed by atoms with E-state index >= 15 is 0 Å². The van der Waals surface area contributed by atoms with Crippen LogP contribution < -0.4 is 10.6 Å². The van der Waals surface area contributed by atoms with E-state index in [1.807, 2.05) is 6.07 Å². The Morgan fingerprint density at radius 3 is 2.57 bits per heavy atom. The molecule has 2 N–H and O–H groups in total. The predicted molar refractivity (Wildman–Crippen MR) is 84.0 cm³/mol. The first kappa shape index (κ1) is 16.0. The summed E-state index contributed by atoms with van der Waals surface area (Å²) in [5.74, 6) is -0.414. The van der Waals surface area contributed by atoms with Gasteiger partial charge in [0.05, 0.1) is 32.0 Å². The summed E-state index contributed by atoms with van der Waals surface area (Å²) in [4.78, 5) is 23.9. The Morgan fingerprint density at radius 1 is 1.04 bits per heavy atom. The molecular weight excluding hydrogens is 296 g/mol. The number of carbonyl (C=O) groups excluding carboxylic acids is 2. The van der Waals surface area contributed by atoms with Crippen molar-refractivity contribution < 1.29 is 19.1 Å². The molecule has 1 saturated heterocycles. The Balaban J connectivity index is 1.42. The highest BCUT2D eigenvalue weighted by molar-refractivity contribution is 5.96. The standard InChI is InChI=1S/C17H22N2O4/c20-16(11-18-17(21)12-4-2-1-3-5-12)19-13-6-7-14-15(10-13)23-9-8-22-14/h1-5,13-15H,6-11H2,(H,18,21)(H,19,20). The molecule has 124 valence electrons. The third-order valence-corrected chi connectivity index (χ3v) is 4.29. The molecule has 1 aromatic rings. The molecule has 0 radical (unpaired) electrons. The number of nitrogens with one attached hydrogen (secondary N) is 2. The Labute approximate surface area is 135 Å². The van der Waals surface area contributed by atoms with E-state index in [-0.39, 0.29) is 36.6 Å². The van der Waals surface area contributed by atoms with Gasteiger partial charge in [0.2, 0.25) is 5.91 Å². The first-order valence-electron chi connectivity index (χ1n) is 8.08. The lowest BCUT2D eigenvalue weighted by molar-refractivity contribution is -0.158. The number of rotatable bonds is 4. The Hall–Kier alpha value is -1.92. The minimum atomic E-state index is -0.242. The van der Waals surface area contributed by atoms with Gasteiger partial charge in [-0.2, -0.15) is 0 Å². The maximum atomic E-state index is 12.0. The summed E-state index contributed by atoms with van der Waals surface area (Å²) in [5.41, 5.74) is 0.550. The van der Waals surface area contributed by atoms with Gasteiger partial charge in [0.25, 0.3) is 5.91 Å². The molecule has 3 unspecified atom stereocenters. The molecule has 3 atom stereocenters. The summed E-state index contributed by atoms with van der Waals surface area (Å²) in [6, 6.07) is 8.94. The Kier molecular flexibility index (Phi) is 5.25. The minimum absolute atomic E-state index is 0.0182. The van der Waals surface area contributed by atoms with Crippen LogP contribution in [0.15, 0.2) is 30.3 Å². The quantitative estimate of drug-likeness (QED) is 0.864. The van der Waals surface area contributed by atoms with E-state index in [0.717, 1.165) is 19.3 Å². The molecule has 0 bridgehead atoms. The minimum Gasteiger partial charge on any atom is -0.373 e. The largest absolute Gasteiger partial charge is 0.373 e. The van der Waals surface area contributed by atoms with E-state index in [4.69, 9.17) is 9.47 Å². The van der Waals surface area contributed by atoms with Crippen LogP contribution in [-0.4, -0.2) is 49.8 Å². The van der Waals surface area contributed by atoms with Gasteiger partial charge in [0.15, 0.2) is 0 Å². The maximum absolute atomic E-state index is 12.0. The van der Waals surface area contributed by atoms with Crippen molar-refractivity contribution in [3.8, 4) is 0 Å². The first-order chi connectivity index (χ1) is 11.2. The van der Waals surface area contributed by atoms with Crippen molar-refractivity contribution in [2.75, 3.05) is 19.8 Å². The van der Waals surface area contributed by atoms with Gasteiger partial charge in [-0.1, -0.05) is 18.2 Å². The fourth-order valence-corrected chi connectivity index (χ4v) is 3.13. The summed E-state index contributed by atoms with van der Waals surface area (Å²) in [6.07, 6.45) is 2.77. The molecule has 1 aliphatic carbocycles. The summed E-state index contributed by atoms with van der Waals surface area (Å²) >= 11 is 0. The molecule has 0 aromatic heterocycles. The molecule has 2 amide bonds. The zero-order valence-electron chi connectivity index (χ0n) is 13.0. The van der Waals surface area contributed by atoms with Gasteiger partial charge in [-0.15, -0.1) is 0 Å². The fourth-order valence-electron chi connectivity index (χ4n) is 3.13. The monoisotopic (exact) mass is 318 g/mol. The molecule has 1 saturated carbocycles. The SMILES string of the molecule is O=C(CNC(=O)c1ccccc1)NC1CCC2OCCOC2C1. The highest BCUT2D eigenvalue weighted by atomic mass is 16.6. The van der Waals surface area contributed by atoms with Gasteiger partial charge in [-0.25, -0.2) is 0 Å². The van der Waals surface area contributed by atoms with Crippen LogP contribution in [0.25, 0.3) is 0 Å². The number of fused-ring (bicyclic) bond motifs is 1. The van der Waals surface area contributed by atoms with Crippen LogP contribution in [0.3, 0.4) is 0 Å². The van der Waals surface area contributed by atoms with Gasteiger partial charge in [0.1, 0.15) is 0 Å². The second-order valence-electron chi connectivity index (χ2n) is 5.94. The second kappa shape index (κ2) is 7.57. The lowest BCUT2D eigenvalue weighted by atomic mass is 9.89. The first-order valence-corrected chi connectivity index (χ1v) is 8.08. The molecule has 6 nitrogen and oxygen atoms in total. The topological polar surface area (TPSA) is 76.7 Å². The maximum Gasteiger partial charge on any atom is 0.251 e. The van der Waals surface area contributed by atoms with E-state index in [1.54, 1.807) is 24.3 Å². The molecule has 3 rings (SSSR count). The van der Waals surface area contributed by atoms with Crippen LogP contribution in [0, 0.1) is 0 Å². The van der Waals surface area contributed by atoms with Crippen molar-refractivity contribution in [1.29, 1.82) is 0 Å². The molecule has 1 aromatic carbocycles. The van der Waals surface area contributed by atoms with Gasteiger partial charge in [-0.05, 0) is 31.4 Å². The van der Waals surface area contributed by atoms with Crippen LogP contribution in [0.5, 0.6) is 0 Å². The molecule has 2 fully saturated rings. The third kappa shape index (κ3) is 4.30. The zero-order valence-corrected chi connectivity index (χ0v) is 13.0. The zero-order chi connectivity index (χ0) is 16.1. The number of amides is 2. The Morgan fingerprint density at radius 2 is 1.78 bits per heavy atom. The van der Waals surface area contributed by atoms with Crippen LogP contribution in [0.2, 0.25) is 0 Å². The van der Waals surface area contributed by atoms with E-state index < -0.39 is 0 Å². The molecule has 2 aliphatic rings. The summed E-state index contributed by atoms with van der Waals surface area (Å²) in [7, 11) is 0. The predicted octanol–water partition coefficient (Wildman–Crippen LogP) is 0.869. The van der Waals surface area contributed by atoms with E-state index in [1.165, 1.54) is 0 Å². The van der Waals surface area contributed by atoms with E-state index in [0.29, 0.717) is 18.8 Å². The van der Waals surface area contributed by atoms with E-state index in [2.05, 4.69) is 10.6 Å². The van der Waals surface area contributed by atoms with Crippen molar-refractivity contribution in [3.05, 3.63) is 35.9 Å². The fraction of sp³-hybridized carbons (Fsp3) is 0.529. The number of ether oxygens (including phenoxy) is 2. The normalized spacial score (nSPS) is 26.9. The van der Waals surface area contributed by atoms with Crippen LogP contribution >= 0.6 is 0 Å². The van der Waals surface area contributed by atoms with Gasteiger partial charge in [0, 0.05) is 11.6 Å². The van der Waals surface area contributed by atoms with Crippen molar-refractivity contribution in [1.82, 2.24) is 10.6 Å². The van der Waals surface area contributed by atoms with Crippen LogP contribution in [0.1, 0.15) is 29.6 Å². The van der Waals surface area contributed by atoms with Crippen molar-refractivity contribution in [2.45, 2.75) is 37.5 Å². The lowest BCUT2D eigenvalue weighted by Gasteiger charge is -2.39. The smallest absolute Gasteiger partial charge is 0.251 e. The van der Waals surface area contributed by atoms with Gasteiger partial charge < -0.3 is 20.1 Å². The van der Waals surface area contributed by atoms with Crippen LogP contribution in [0.4, 0.5) is 0 Å². The summed E-state index contributed by atoms with van der Waals surface area (Å²) < 4.78 is 11.4. The van der Waals surface area contributed by atoms with Gasteiger partial charge in [-0.3, -0.25) is 9.59 Å². The summed E-state index contributed by atoms with van der Waals surface area (Å²) in [5, 5.41) is 5.61. The summed E-state index contributed by atoms with van der Waals surface area (Å²) in [6.45, 7) is 1.26. The molecule has 1 heterocycles. The number of benzene rings is 1. The molecular formula is C17H22N2O4. The molecule has 6 heteroatoms. The molecule has 23 heavy (non-hydrogen) atoms. The highest BCUT2D eigenvalue weighted by Gasteiger charge is 2.34. The Bertz CT molecular complexity index is 549. The average molecular weight is 318 g/mol. The molecule has 1 aliphatic heterocycles. The van der Waals surface area contributed by atoms with Crippen molar-refractivity contribution >= 4 is 11.8 Å². The third-order valence-electron chi connectivity index (χ3n) is 4.29. The second-order valence-corrected chi connectivity index (χ2v) is 5.94. The van der Waals surface area contributed by atoms with Crippen LogP contribution in [-0.2, 0) is 14.3 Å². The lowest BCUT2D eigenvalue weighted by Crippen LogP contribution is -2.50. The van der Waals surface area contributed by atoms with Gasteiger partial charge >= 0.3 is 0 Å². The number of hydrogen-bond acceptors (Lipinski definition) is 4. The number of carbonyl (C=O) groups is 2. The average Bonchev–Trinajstić information content (AvgIpc) is 2.60. The molecule has 0 spiro atoms. The van der Waals surface area contributed by atoms with Crippen molar-refractivity contribution in [3.63, 3.8) is 0 Å². The highest BCUT2D eigenvalue weighted by Crippen LogP contribution is 2.26. The van der Waals surface area contributed by atoms with Crippen molar-refractivity contribution in [2.24, 2.45) is 0 Å². The van der Waals surface area contributed by atoms with E-state index in [9.17, 15) is 9.59 Å². The number of hydrogen-bond donors (Lipinski definition) is 2.